The van der Waals surface area contributed by atoms with Crippen molar-refractivity contribution in [2.45, 2.75) is 72.3 Å². The average Bonchev–Trinajstić information content (AvgIpc) is 2.43. The number of Topliss-reactive ketones (excluding diaryl/α,β-unsaturated/α-hetero) is 1. The number of aliphatic hydroxyl groups excluding tert-OH is 2. The first-order chi connectivity index (χ1) is 10.8. The van der Waals surface area contributed by atoms with Crippen molar-refractivity contribution in [3.63, 3.8) is 0 Å². The first kappa shape index (κ1) is 21.8. The number of hydrogen-bond donors (Lipinski definition) is 2. The Labute approximate surface area is 141 Å². The van der Waals surface area contributed by atoms with Gasteiger partial charge in [0, 0.05) is 12.8 Å². The molecule has 0 aromatic heterocycles. The van der Waals surface area contributed by atoms with Gasteiger partial charge in [-0.15, -0.1) is 0 Å². The molecule has 0 aliphatic heterocycles. The molecule has 0 bridgehead atoms. The summed E-state index contributed by atoms with van der Waals surface area (Å²) in [6.45, 7) is 12.1. The van der Waals surface area contributed by atoms with Crippen LogP contribution in [-0.2, 0) is 4.79 Å². The number of aliphatic hydroxyl groups is 2. The van der Waals surface area contributed by atoms with Crippen LogP contribution in [0.1, 0.15) is 66.2 Å². The van der Waals surface area contributed by atoms with Crippen LogP contribution in [0.2, 0.25) is 0 Å². The molecule has 0 aliphatic carbocycles. The maximum Gasteiger partial charge on any atom is 0.137 e. The summed E-state index contributed by atoms with van der Waals surface area (Å²) in [5.74, 6) is 0.701. The van der Waals surface area contributed by atoms with Gasteiger partial charge in [-0.2, -0.15) is 0 Å². The summed E-state index contributed by atoms with van der Waals surface area (Å²) in [5.41, 5.74) is 3.01. The third kappa shape index (κ3) is 12.0. The zero-order valence-corrected chi connectivity index (χ0v) is 15.3. The number of hydrogen-bond acceptors (Lipinski definition) is 3. The minimum atomic E-state index is -0.506. The number of rotatable bonds is 12. The van der Waals surface area contributed by atoms with E-state index in [1.807, 2.05) is 13.8 Å². The molecule has 0 saturated heterocycles. The van der Waals surface area contributed by atoms with Crippen molar-refractivity contribution < 1.29 is 15.0 Å². The fraction of sp³-hybridized carbons (Fsp3) is 0.650. The SMILES string of the molecule is C=C(CCC=C(C)CC(=O)CC(C)C)C(O)CCC(C)=CCO. The first-order valence-corrected chi connectivity index (χ1v) is 8.55. The zero-order valence-electron chi connectivity index (χ0n) is 15.3. The monoisotopic (exact) mass is 322 g/mol. The van der Waals surface area contributed by atoms with Crippen LogP contribution in [0.15, 0.2) is 35.5 Å². The average molecular weight is 322 g/mol. The Kier molecular flexibility index (Phi) is 11.6. The van der Waals surface area contributed by atoms with E-state index in [1.54, 1.807) is 6.08 Å². The maximum atomic E-state index is 11.7. The third-order valence-corrected chi connectivity index (χ3v) is 3.79. The van der Waals surface area contributed by atoms with Crippen molar-refractivity contribution in [3.8, 4) is 0 Å². The Balaban J connectivity index is 4.10. The molecule has 3 heteroatoms. The van der Waals surface area contributed by atoms with Gasteiger partial charge in [0.2, 0.25) is 0 Å². The van der Waals surface area contributed by atoms with E-state index in [2.05, 4.69) is 26.5 Å². The highest BCUT2D eigenvalue weighted by molar-refractivity contribution is 5.80. The van der Waals surface area contributed by atoms with Crippen LogP contribution >= 0.6 is 0 Å². The first-order valence-electron chi connectivity index (χ1n) is 8.55. The van der Waals surface area contributed by atoms with Gasteiger partial charge in [-0.05, 0) is 51.0 Å². The molecule has 0 heterocycles. The Hall–Kier alpha value is -1.19. The fourth-order valence-corrected chi connectivity index (χ4v) is 2.41. The lowest BCUT2D eigenvalue weighted by molar-refractivity contribution is -0.119. The summed E-state index contributed by atoms with van der Waals surface area (Å²) in [6.07, 6.45) is 7.43. The van der Waals surface area contributed by atoms with Gasteiger partial charge in [0.15, 0.2) is 0 Å². The van der Waals surface area contributed by atoms with Crippen LogP contribution in [-0.4, -0.2) is 28.7 Å². The summed E-state index contributed by atoms with van der Waals surface area (Å²) in [7, 11) is 0. The molecule has 1 unspecified atom stereocenters. The standard InChI is InChI=1S/C20H34O3/c1-15(2)13-19(22)14-17(4)7-6-8-18(5)20(23)10-9-16(3)11-12-21/h7,11,15,20-21,23H,5-6,8-10,12-14H2,1-4H3. The van der Waals surface area contributed by atoms with Gasteiger partial charge >= 0.3 is 0 Å². The Morgan fingerprint density at radius 2 is 1.78 bits per heavy atom. The lowest BCUT2D eigenvalue weighted by Gasteiger charge is -2.13. The van der Waals surface area contributed by atoms with Crippen molar-refractivity contribution in [2.24, 2.45) is 5.92 Å². The highest BCUT2D eigenvalue weighted by atomic mass is 16.3. The smallest absolute Gasteiger partial charge is 0.137 e. The molecular formula is C20H34O3. The van der Waals surface area contributed by atoms with Gasteiger partial charge in [-0.1, -0.05) is 43.7 Å². The van der Waals surface area contributed by atoms with Gasteiger partial charge in [0.05, 0.1) is 12.7 Å². The molecule has 23 heavy (non-hydrogen) atoms. The summed E-state index contributed by atoms with van der Waals surface area (Å²) in [5, 5.41) is 18.9. The molecule has 0 rings (SSSR count). The minimum absolute atomic E-state index is 0.0441. The Bertz CT molecular complexity index is 430. The van der Waals surface area contributed by atoms with Gasteiger partial charge < -0.3 is 10.2 Å². The topological polar surface area (TPSA) is 57.5 Å². The normalized spacial score (nSPS) is 14.2. The molecule has 3 nitrogen and oxygen atoms in total. The van der Waals surface area contributed by atoms with Crippen LogP contribution in [0.5, 0.6) is 0 Å². The summed E-state index contributed by atoms with van der Waals surface area (Å²) in [4.78, 5) is 11.7. The number of carbonyl (C=O) groups is 1. The van der Waals surface area contributed by atoms with Crippen LogP contribution in [0.3, 0.4) is 0 Å². The van der Waals surface area contributed by atoms with Crippen LogP contribution in [0, 0.1) is 5.92 Å². The zero-order chi connectivity index (χ0) is 17.8. The van der Waals surface area contributed by atoms with E-state index < -0.39 is 6.10 Å². The molecule has 0 spiro atoms. The molecule has 1 atom stereocenters. The van der Waals surface area contributed by atoms with Gasteiger partial charge in [0.25, 0.3) is 0 Å². The molecule has 0 radical (unpaired) electrons. The molecule has 0 amide bonds. The second kappa shape index (κ2) is 12.3. The van der Waals surface area contributed by atoms with Crippen molar-refractivity contribution in [2.75, 3.05) is 6.61 Å². The van der Waals surface area contributed by atoms with Crippen molar-refractivity contribution in [1.82, 2.24) is 0 Å². The van der Waals surface area contributed by atoms with E-state index in [9.17, 15) is 9.90 Å². The lowest BCUT2D eigenvalue weighted by atomic mass is 9.98. The van der Waals surface area contributed by atoms with E-state index in [0.717, 1.165) is 36.0 Å². The van der Waals surface area contributed by atoms with Crippen molar-refractivity contribution in [3.05, 3.63) is 35.5 Å². The van der Waals surface area contributed by atoms with Crippen LogP contribution in [0.25, 0.3) is 0 Å². The fourth-order valence-electron chi connectivity index (χ4n) is 2.41. The maximum absolute atomic E-state index is 11.7. The highest BCUT2D eigenvalue weighted by Crippen LogP contribution is 2.17. The molecule has 2 N–H and O–H groups in total. The number of allylic oxidation sites excluding steroid dienone is 3. The van der Waals surface area contributed by atoms with Gasteiger partial charge in [-0.25, -0.2) is 0 Å². The highest BCUT2D eigenvalue weighted by Gasteiger charge is 2.09. The predicted octanol–water partition coefficient (Wildman–Crippen LogP) is 4.35. The second-order valence-corrected chi connectivity index (χ2v) is 6.85. The largest absolute Gasteiger partial charge is 0.392 e. The lowest BCUT2D eigenvalue weighted by Crippen LogP contribution is -2.09. The minimum Gasteiger partial charge on any atom is -0.392 e. The quantitative estimate of drug-likeness (QED) is 0.525. The van der Waals surface area contributed by atoms with Crippen LogP contribution < -0.4 is 0 Å². The molecule has 132 valence electrons. The summed E-state index contributed by atoms with van der Waals surface area (Å²) < 4.78 is 0. The van der Waals surface area contributed by atoms with Gasteiger partial charge in [0.1, 0.15) is 5.78 Å². The summed E-state index contributed by atoms with van der Waals surface area (Å²) in [6, 6.07) is 0. The third-order valence-electron chi connectivity index (χ3n) is 3.79. The molecule has 0 fully saturated rings. The van der Waals surface area contributed by atoms with E-state index in [-0.39, 0.29) is 6.61 Å². The van der Waals surface area contributed by atoms with Crippen molar-refractivity contribution >= 4 is 5.78 Å². The Morgan fingerprint density at radius 3 is 2.35 bits per heavy atom. The summed E-state index contributed by atoms with van der Waals surface area (Å²) >= 11 is 0. The van der Waals surface area contributed by atoms with Crippen LogP contribution in [0.4, 0.5) is 0 Å². The molecular weight excluding hydrogens is 288 g/mol. The molecule has 0 aromatic rings. The second-order valence-electron chi connectivity index (χ2n) is 6.85. The molecule has 0 aromatic carbocycles. The number of carbonyl (C=O) groups excluding carboxylic acids is 1. The number of ketones is 1. The van der Waals surface area contributed by atoms with Gasteiger partial charge in [-0.3, -0.25) is 4.79 Å². The van der Waals surface area contributed by atoms with E-state index in [0.29, 0.717) is 31.0 Å². The van der Waals surface area contributed by atoms with Crippen molar-refractivity contribution in [1.29, 1.82) is 0 Å². The van der Waals surface area contributed by atoms with E-state index in [1.165, 1.54) is 0 Å². The van der Waals surface area contributed by atoms with E-state index >= 15 is 0 Å². The Morgan fingerprint density at radius 1 is 1.13 bits per heavy atom. The predicted molar refractivity (Wildman–Crippen MR) is 97.3 cm³/mol. The van der Waals surface area contributed by atoms with E-state index in [4.69, 9.17) is 5.11 Å². The molecule has 0 saturated carbocycles. The molecule has 0 aliphatic rings.